The predicted octanol–water partition coefficient (Wildman–Crippen LogP) is 4.39. The molecule has 0 saturated heterocycles. The maximum absolute atomic E-state index is 5.67. The van der Waals surface area contributed by atoms with E-state index in [1.54, 1.807) is 0 Å². The molecule has 1 aromatic carbocycles. The van der Waals surface area contributed by atoms with Crippen LogP contribution in [0.3, 0.4) is 0 Å². The van der Waals surface area contributed by atoms with Crippen LogP contribution in [0.1, 0.15) is 52.0 Å². The highest BCUT2D eigenvalue weighted by Crippen LogP contribution is 2.13. The minimum atomic E-state index is 0.574. The third-order valence-electron chi connectivity index (χ3n) is 3.04. The van der Waals surface area contributed by atoms with Gasteiger partial charge in [0.05, 0.1) is 6.61 Å². The van der Waals surface area contributed by atoms with E-state index < -0.39 is 0 Å². The number of nitrogens with one attached hydrogen (secondary N) is 1. The molecule has 108 valence electrons. The summed E-state index contributed by atoms with van der Waals surface area (Å²) in [7, 11) is 0. The third-order valence-corrected chi connectivity index (χ3v) is 3.04. The van der Waals surface area contributed by atoms with E-state index >= 15 is 0 Å². The molecule has 0 saturated carbocycles. The average molecular weight is 263 g/mol. The van der Waals surface area contributed by atoms with Crippen LogP contribution in [0.2, 0.25) is 0 Å². The molecule has 1 rings (SSSR count). The molecule has 19 heavy (non-hydrogen) atoms. The standard InChI is InChI=1S/C17H29NO/c1-4-5-6-7-12-18-13-16-8-10-17(11-9-16)19-14-15(2)3/h8-11,15,18H,4-7,12-14H2,1-3H3. The monoisotopic (exact) mass is 263 g/mol. The Morgan fingerprint density at radius 2 is 1.79 bits per heavy atom. The lowest BCUT2D eigenvalue weighted by Gasteiger charge is -2.09. The summed E-state index contributed by atoms with van der Waals surface area (Å²) in [4.78, 5) is 0. The average Bonchev–Trinajstić information content (AvgIpc) is 2.41. The van der Waals surface area contributed by atoms with Gasteiger partial charge in [-0.3, -0.25) is 0 Å². The summed E-state index contributed by atoms with van der Waals surface area (Å²) in [6, 6.07) is 8.43. The summed E-state index contributed by atoms with van der Waals surface area (Å²) in [6.07, 6.45) is 5.27. The second-order valence-corrected chi connectivity index (χ2v) is 5.59. The molecule has 0 aromatic heterocycles. The van der Waals surface area contributed by atoms with Crippen LogP contribution in [0, 0.1) is 5.92 Å². The molecule has 0 atom stereocenters. The highest BCUT2D eigenvalue weighted by atomic mass is 16.5. The van der Waals surface area contributed by atoms with Gasteiger partial charge in [0.2, 0.25) is 0 Å². The summed E-state index contributed by atoms with van der Waals surface area (Å²) in [6.45, 7) is 9.43. The molecular weight excluding hydrogens is 234 g/mol. The first-order valence-corrected chi connectivity index (χ1v) is 7.64. The van der Waals surface area contributed by atoms with Crippen molar-refractivity contribution in [2.75, 3.05) is 13.2 Å². The van der Waals surface area contributed by atoms with Gasteiger partial charge in [-0.25, -0.2) is 0 Å². The molecule has 1 N–H and O–H groups in total. The molecule has 0 heterocycles. The van der Waals surface area contributed by atoms with E-state index in [4.69, 9.17) is 4.74 Å². The lowest BCUT2D eigenvalue weighted by atomic mass is 10.2. The molecule has 0 aliphatic rings. The molecule has 0 aliphatic carbocycles. The molecule has 2 heteroatoms. The van der Waals surface area contributed by atoms with Crippen molar-refractivity contribution in [3.8, 4) is 5.75 Å². The van der Waals surface area contributed by atoms with E-state index in [0.29, 0.717) is 5.92 Å². The van der Waals surface area contributed by atoms with Crippen LogP contribution in [-0.4, -0.2) is 13.2 Å². The van der Waals surface area contributed by atoms with Crippen molar-refractivity contribution in [3.63, 3.8) is 0 Å². The highest BCUT2D eigenvalue weighted by molar-refractivity contribution is 5.27. The lowest BCUT2D eigenvalue weighted by molar-refractivity contribution is 0.271. The number of unbranched alkanes of at least 4 members (excludes halogenated alkanes) is 3. The minimum absolute atomic E-state index is 0.574. The number of ether oxygens (including phenoxy) is 1. The van der Waals surface area contributed by atoms with Crippen LogP contribution in [0.5, 0.6) is 5.75 Å². The fourth-order valence-corrected chi connectivity index (χ4v) is 1.88. The Bertz CT molecular complexity index is 319. The summed E-state index contributed by atoms with van der Waals surface area (Å²) >= 11 is 0. The van der Waals surface area contributed by atoms with Crippen LogP contribution in [0.25, 0.3) is 0 Å². The van der Waals surface area contributed by atoms with Gasteiger partial charge in [-0.2, -0.15) is 0 Å². The SMILES string of the molecule is CCCCCCNCc1ccc(OCC(C)C)cc1. The topological polar surface area (TPSA) is 21.3 Å². The fourth-order valence-electron chi connectivity index (χ4n) is 1.88. The van der Waals surface area contributed by atoms with Crippen molar-refractivity contribution in [2.45, 2.75) is 53.0 Å². The molecule has 0 aliphatic heterocycles. The smallest absolute Gasteiger partial charge is 0.119 e. The van der Waals surface area contributed by atoms with Crippen molar-refractivity contribution in [2.24, 2.45) is 5.92 Å². The van der Waals surface area contributed by atoms with Gasteiger partial charge in [-0.15, -0.1) is 0 Å². The summed E-state index contributed by atoms with van der Waals surface area (Å²) in [5.41, 5.74) is 1.33. The summed E-state index contributed by atoms with van der Waals surface area (Å²) in [5, 5.41) is 3.49. The van der Waals surface area contributed by atoms with E-state index in [-0.39, 0.29) is 0 Å². The Balaban J connectivity index is 2.17. The van der Waals surface area contributed by atoms with Crippen molar-refractivity contribution >= 4 is 0 Å². The van der Waals surface area contributed by atoms with Crippen LogP contribution in [0.4, 0.5) is 0 Å². The predicted molar refractivity (Wildman–Crippen MR) is 82.6 cm³/mol. The Hall–Kier alpha value is -1.02. The van der Waals surface area contributed by atoms with Crippen LogP contribution in [-0.2, 0) is 6.54 Å². The number of hydrogen-bond acceptors (Lipinski definition) is 2. The van der Waals surface area contributed by atoms with Gasteiger partial charge in [-0.05, 0) is 36.6 Å². The van der Waals surface area contributed by atoms with Gasteiger partial charge in [0.25, 0.3) is 0 Å². The van der Waals surface area contributed by atoms with Gasteiger partial charge in [-0.1, -0.05) is 52.2 Å². The molecule has 0 unspecified atom stereocenters. The van der Waals surface area contributed by atoms with E-state index in [1.807, 2.05) is 0 Å². The van der Waals surface area contributed by atoms with Crippen LogP contribution >= 0.6 is 0 Å². The van der Waals surface area contributed by atoms with Crippen LogP contribution < -0.4 is 10.1 Å². The molecule has 2 nitrogen and oxygen atoms in total. The molecular formula is C17H29NO. The number of benzene rings is 1. The highest BCUT2D eigenvalue weighted by Gasteiger charge is 1.98. The van der Waals surface area contributed by atoms with E-state index in [2.05, 4.69) is 50.4 Å². The number of rotatable bonds is 10. The second kappa shape index (κ2) is 9.85. The summed E-state index contributed by atoms with van der Waals surface area (Å²) in [5.74, 6) is 1.55. The number of hydrogen-bond donors (Lipinski definition) is 1. The van der Waals surface area contributed by atoms with Crippen molar-refractivity contribution in [1.82, 2.24) is 5.32 Å². The molecule has 0 bridgehead atoms. The fraction of sp³-hybridized carbons (Fsp3) is 0.647. The van der Waals surface area contributed by atoms with E-state index in [9.17, 15) is 0 Å². The Kier molecular flexibility index (Phi) is 8.31. The molecule has 0 fully saturated rings. The Labute approximate surface area is 118 Å². The largest absolute Gasteiger partial charge is 0.493 e. The van der Waals surface area contributed by atoms with Gasteiger partial charge in [0, 0.05) is 6.54 Å². The first-order valence-electron chi connectivity index (χ1n) is 7.64. The molecule has 0 amide bonds. The molecule has 0 spiro atoms. The zero-order valence-electron chi connectivity index (χ0n) is 12.7. The maximum Gasteiger partial charge on any atom is 0.119 e. The second-order valence-electron chi connectivity index (χ2n) is 5.59. The zero-order chi connectivity index (χ0) is 13.9. The lowest BCUT2D eigenvalue weighted by Crippen LogP contribution is -2.14. The van der Waals surface area contributed by atoms with Gasteiger partial charge in [0.15, 0.2) is 0 Å². The normalized spacial score (nSPS) is 10.9. The molecule has 0 radical (unpaired) electrons. The summed E-state index contributed by atoms with van der Waals surface area (Å²) < 4.78 is 5.67. The van der Waals surface area contributed by atoms with Crippen molar-refractivity contribution in [3.05, 3.63) is 29.8 Å². The minimum Gasteiger partial charge on any atom is -0.493 e. The maximum atomic E-state index is 5.67. The third kappa shape index (κ3) is 7.89. The Morgan fingerprint density at radius 1 is 1.05 bits per heavy atom. The van der Waals surface area contributed by atoms with E-state index in [1.165, 1.54) is 31.2 Å². The molecule has 1 aromatic rings. The van der Waals surface area contributed by atoms with Crippen molar-refractivity contribution < 1.29 is 4.74 Å². The first-order chi connectivity index (χ1) is 9.22. The quantitative estimate of drug-likeness (QED) is 0.632. The van der Waals surface area contributed by atoms with E-state index in [0.717, 1.165) is 25.4 Å². The zero-order valence-corrected chi connectivity index (χ0v) is 12.7. The van der Waals surface area contributed by atoms with Crippen LogP contribution in [0.15, 0.2) is 24.3 Å². The first kappa shape index (κ1) is 16.0. The van der Waals surface area contributed by atoms with Gasteiger partial charge >= 0.3 is 0 Å². The Morgan fingerprint density at radius 3 is 2.42 bits per heavy atom. The van der Waals surface area contributed by atoms with Gasteiger partial charge < -0.3 is 10.1 Å². The van der Waals surface area contributed by atoms with Crippen molar-refractivity contribution in [1.29, 1.82) is 0 Å². The van der Waals surface area contributed by atoms with Gasteiger partial charge in [0.1, 0.15) is 5.75 Å².